The van der Waals surface area contributed by atoms with Crippen molar-refractivity contribution in [1.29, 1.82) is 0 Å². The van der Waals surface area contributed by atoms with E-state index in [-0.39, 0.29) is 6.10 Å². The summed E-state index contributed by atoms with van der Waals surface area (Å²) in [5.74, 6) is 1.11. The monoisotopic (exact) mass is 227 g/mol. The maximum Gasteiger partial charge on any atom is 0.252 e. The van der Waals surface area contributed by atoms with E-state index in [0.717, 1.165) is 19.5 Å². The van der Waals surface area contributed by atoms with Crippen molar-refractivity contribution in [2.75, 3.05) is 26.3 Å². The third-order valence-electron chi connectivity index (χ3n) is 2.27. The lowest BCUT2D eigenvalue weighted by molar-refractivity contribution is 0.0208. The van der Waals surface area contributed by atoms with E-state index < -0.39 is 0 Å². The van der Waals surface area contributed by atoms with Crippen molar-refractivity contribution in [2.24, 2.45) is 0 Å². The van der Waals surface area contributed by atoms with Crippen LogP contribution in [0.4, 0.5) is 0 Å². The Morgan fingerprint density at radius 2 is 2.50 bits per heavy atom. The molecule has 1 saturated heterocycles. The fraction of sp³-hybridized carbons (Fsp3) is 0.800. The summed E-state index contributed by atoms with van der Waals surface area (Å²) in [7, 11) is 0. The summed E-state index contributed by atoms with van der Waals surface area (Å²) < 4.78 is 15.9. The molecule has 0 saturated carbocycles. The van der Waals surface area contributed by atoms with Gasteiger partial charge in [-0.15, -0.1) is 0 Å². The first-order valence-electron chi connectivity index (χ1n) is 5.62. The quantitative estimate of drug-likeness (QED) is 0.745. The maximum absolute atomic E-state index is 5.51. The lowest BCUT2D eigenvalue weighted by atomic mass is 10.3. The summed E-state index contributed by atoms with van der Waals surface area (Å²) in [5, 5.41) is 7.10. The lowest BCUT2D eigenvalue weighted by Crippen LogP contribution is -2.33. The first-order valence-corrected chi connectivity index (χ1v) is 5.62. The van der Waals surface area contributed by atoms with E-state index in [1.807, 2.05) is 0 Å². The molecule has 2 rings (SSSR count). The number of aromatic nitrogens is 2. The minimum Gasteiger partial charge on any atom is -0.372 e. The zero-order chi connectivity index (χ0) is 11.2. The van der Waals surface area contributed by atoms with Crippen molar-refractivity contribution in [3.8, 4) is 0 Å². The molecule has 2 heterocycles. The van der Waals surface area contributed by atoms with Crippen LogP contribution in [0.2, 0.25) is 0 Å². The Bertz CT molecular complexity index is 310. The number of nitrogens with one attached hydrogen (secondary N) is 1. The topological polar surface area (TPSA) is 69.4 Å². The second kappa shape index (κ2) is 5.93. The molecule has 0 aliphatic carbocycles. The van der Waals surface area contributed by atoms with Crippen LogP contribution in [0.15, 0.2) is 4.52 Å². The van der Waals surface area contributed by atoms with Crippen molar-refractivity contribution in [2.45, 2.75) is 26.1 Å². The molecular formula is C10H17N3O3. The summed E-state index contributed by atoms with van der Waals surface area (Å²) >= 11 is 0. The Balaban J connectivity index is 1.85. The smallest absolute Gasteiger partial charge is 0.252 e. The fourth-order valence-electron chi connectivity index (χ4n) is 1.49. The third kappa shape index (κ3) is 3.01. The summed E-state index contributed by atoms with van der Waals surface area (Å²) in [4.78, 5) is 4.24. The number of ether oxygens (including phenoxy) is 2. The number of hydrogen-bond donors (Lipinski definition) is 1. The summed E-state index contributed by atoms with van der Waals surface area (Å²) in [6, 6.07) is 0. The Morgan fingerprint density at radius 1 is 1.56 bits per heavy atom. The van der Waals surface area contributed by atoms with Gasteiger partial charge < -0.3 is 19.3 Å². The molecule has 1 aromatic rings. The molecular weight excluding hydrogens is 210 g/mol. The molecule has 1 atom stereocenters. The second-order valence-electron chi connectivity index (χ2n) is 3.66. The Kier molecular flexibility index (Phi) is 4.26. The van der Waals surface area contributed by atoms with Gasteiger partial charge in [-0.1, -0.05) is 12.1 Å². The normalized spacial score (nSPS) is 21.2. The van der Waals surface area contributed by atoms with Crippen LogP contribution < -0.4 is 5.32 Å². The van der Waals surface area contributed by atoms with Gasteiger partial charge >= 0.3 is 0 Å². The Hall–Kier alpha value is -0.980. The molecule has 1 N–H and O–H groups in total. The van der Waals surface area contributed by atoms with E-state index in [1.54, 1.807) is 0 Å². The lowest BCUT2D eigenvalue weighted by Gasteiger charge is -2.20. The average molecular weight is 227 g/mol. The van der Waals surface area contributed by atoms with Crippen molar-refractivity contribution in [3.05, 3.63) is 11.7 Å². The first kappa shape index (κ1) is 11.5. The van der Waals surface area contributed by atoms with Crippen LogP contribution in [0.25, 0.3) is 0 Å². The highest BCUT2D eigenvalue weighted by Gasteiger charge is 2.21. The van der Waals surface area contributed by atoms with Crippen LogP contribution in [-0.4, -0.2) is 36.4 Å². The number of rotatable bonds is 5. The predicted molar refractivity (Wildman–Crippen MR) is 55.8 cm³/mol. The van der Waals surface area contributed by atoms with E-state index >= 15 is 0 Å². The molecule has 1 aliphatic rings. The predicted octanol–water partition coefficient (Wildman–Crippen LogP) is 0.657. The van der Waals surface area contributed by atoms with Crippen LogP contribution in [-0.2, 0) is 16.1 Å². The highest BCUT2D eigenvalue weighted by Crippen LogP contribution is 2.15. The third-order valence-corrected chi connectivity index (χ3v) is 2.27. The summed E-state index contributed by atoms with van der Waals surface area (Å²) in [6.07, 6.45) is 0.883. The molecule has 0 spiro atoms. The van der Waals surface area contributed by atoms with Crippen LogP contribution in [0, 0.1) is 0 Å². The van der Waals surface area contributed by atoms with E-state index in [0.29, 0.717) is 31.5 Å². The van der Waals surface area contributed by atoms with Gasteiger partial charge in [0.05, 0.1) is 6.61 Å². The molecule has 0 aromatic carbocycles. The number of morpholine rings is 1. The molecule has 6 nitrogen and oxygen atoms in total. The zero-order valence-electron chi connectivity index (χ0n) is 9.44. The highest BCUT2D eigenvalue weighted by molar-refractivity contribution is 4.92. The van der Waals surface area contributed by atoms with Crippen LogP contribution in [0.1, 0.15) is 31.2 Å². The van der Waals surface area contributed by atoms with Gasteiger partial charge in [0.25, 0.3) is 5.89 Å². The van der Waals surface area contributed by atoms with Crippen molar-refractivity contribution < 1.29 is 14.0 Å². The molecule has 0 bridgehead atoms. The molecule has 0 radical (unpaired) electrons. The SMILES string of the molecule is CCCOCc1nc(C2CNCCO2)no1. The largest absolute Gasteiger partial charge is 0.372 e. The van der Waals surface area contributed by atoms with Gasteiger partial charge in [-0.25, -0.2) is 0 Å². The number of nitrogens with zero attached hydrogens (tertiary/aromatic N) is 2. The standard InChI is InChI=1S/C10H17N3O3/c1-2-4-14-7-9-12-10(13-16-9)8-6-11-3-5-15-8/h8,11H,2-7H2,1H3. The first-order chi connectivity index (χ1) is 7.90. The van der Waals surface area contributed by atoms with Gasteiger partial charge in [0.2, 0.25) is 5.82 Å². The van der Waals surface area contributed by atoms with Gasteiger partial charge in [-0.3, -0.25) is 0 Å². The molecule has 90 valence electrons. The molecule has 1 unspecified atom stereocenters. The van der Waals surface area contributed by atoms with Crippen LogP contribution in [0.5, 0.6) is 0 Å². The van der Waals surface area contributed by atoms with Crippen LogP contribution >= 0.6 is 0 Å². The highest BCUT2D eigenvalue weighted by atomic mass is 16.5. The molecule has 0 amide bonds. The van der Waals surface area contributed by atoms with Gasteiger partial charge in [-0.05, 0) is 6.42 Å². The van der Waals surface area contributed by atoms with E-state index in [2.05, 4.69) is 22.4 Å². The Morgan fingerprint density at radius 3 is 3.25 bits per heavy atom. The van der Waals surface area contributed by atoms with Gasteiger partial charge in [-0.2, -0.15) is 4.98 Å². The van der Waals surface area contributed by atoms with Gasteiger partial charge in [0.1, 0.15) is 12.7 Å². The van der Waals surface area contributed by atoms with Gasteiger partial charge in [0, 0.05) is 19.7 Å². The fourth-order valence-corrected chi connectivity index (χ4v) is 1.49. The molecule has 16 heavy (non-hydrogen) atoms. The van der Waals surface area contributed by atoms with E-state index in [1.165, 1.54) is 0 Å². The summed E-state index contributed by atoms with van der Waals surface area (Å²) in [5.41, 5.74) is 0. The van der Waals surface area contributed by atoms with Gasteiger partial charge in [0.15, 0.2) is 0 Å². The maximum atomic E-state index is 5.51. The Labute approximate surface area is 94.3 Å². The van der Waals surface area contributed by atoms with Crippen molar-refractivity contribution in [3.63, 3.8) is 0 Å². The van der Waals surface area contributed by atoms with Crippen molar-refractivity contribution >= 4 is 0 Å². The molecule has 1 aromatic heterocycles. The summed E-state index contributed by atoms with van der Waals surface area (Å²) in [6.45, 7) is 5.43. The van der Waals surface area contributed by atoms with E-state index in [4.69, 9.17) is 14.0 Å². The second-order valence-corrected chi connectivity index (χ2v) is 3.66. The minimum atomic E-state index is -0.0996. The average Bonchev–Trinajstić information content (AvgIpc) is 2.79. The van der Waals surface area contributed by atoms with Crippen molar-refractivity contribution in [1.82, 2.24) is 15.5 Å². The molecule has 1 fully saturated rings. The zero-order valence-corrected chi connectivity index (χ0v) is 9.44. The number of hydrogen-bond acceptors (Lipinski definition) is 6. The van der Waals surface area contributed by atoms with E-state index in [9.17, 15) is 0 Å². The molecule has 1 aliphatic heterocycles. The van der Waals surface area contributed by atoms with Crippen LogP contribution in [0.3, 0.4) is 0 Å². The molecule has 6 heteroatoms. The minimum absolute atomic E-state index is 0.0996.